The van der Waals surface area contributed by atoms with Crippen molar-refractivity contribution in [2.24, 2.45) is 20.0 Å². The number of nitrogens with zero attached hydrogens (tertiary/aromatic N) is 3. The van der Waals surface area contributed by atoms with Gasteiger partial charge in [0, 0.05) is 38.6 Å². The molecule has 0 aromatic carbocycles. The Kier molecular flexibility index (Phi) is 5.03. The molecule has 8 nitrogen and oxygen atoms in total. The minimum atomic E-state index is -0.549. The van der Waals surface area contributed by atoms with Gasteiger partial charge in [0.05, 0.1) is 6.10 Å². The molecule has 1 aliphatic carbocycles. The van der Waals surface area contributed by atoms with Crippen LogP contribution < -0.4 is 16.6 Å². The Morgan fingerprint density at radius 3 is 2.54 bits per heavy atom. The maximum Gasteiger partial charge on any atom is 0.331 e. The summed E-state index contributed by atoms with van der Waals surface area (Å²) in [6.45, 7) is 0. The van der Waals surface area contributed by atoms with Crippen LogP contribution in [0.3, 0.4) is 0 Å². The second kappa shape index (κ2) is 7.25. The molecule has 1 amide bonds. The summed E-state index contributed by atoms with van der Waals surface area (Å²) in [4.78, 5) is 40.6. The Hall–Kier alpha value is -2.74. The van der Waals surface area contributed by atoms with Crippen LogP contribution in [0, 0.1) is 5.92 Å². The van der Waals surface area contributed by atoms with Crippen LogP contribution in [-0.2, 0) is 20.5 Å². The molecule has 0 spiro atoms. The number of pyridine rings is 1. The van der Waals surface area contributed by atoms with E-state index < -0.39 is 17.2 Å². The highest BCUT2D eigenvalue weighted by Crippen LogP contribution is 2.31. The molecule has 8 heteroatoms. The number of rotatable bonds is 5. The normalized spacial score (nSPS) is 20.3. The summed E-state index contributed by atoms with van der Waals surface area (Å²) in [6.07, 6.45) is 4.86. The quantitative estimate of drug-likeness (QED) is 0.756. The molecule has 2 aromatic rings. The SMILES string of the molecule is Cn1c(C(=O)N[C@@H](Cc2ccncc2)C2CC(O)C2)cc(=O)n(C)c1=O. The third-order valence-electron chi connectivity index (χ3n) is 5.00. The van der Waals surface area contributed by atoms with Gasteiger partial charge in [-0.2, -0.15) is 0 Å². The third-order valence-corrected chi connectivity index (χ3v) is 5.00. The lowest BCUT2D eigenvalue weighted by molar-refractivity contribution is 0.0238. The van der Waals surface area contributed by atoms with E-state index in [-0.39, 0.29) is 23.8 Å². The monoisotopic (exact) mass is 358 g/mol. The lowest BCUT2D eigenvalue weighted by Gasteiger charge is -2.38. The second-order valence-electron chi connectivity index (χ2n) is 6.79. The molecular formula is C18H22N4O4. The average molecular weight is 358 g/mol. The highest BCUT2D eigenvalue weighted by atomic mass is 16.3. The first kappa shape index (κ1) is 18.1. The summed E-state index contributed by atoms with van der Waals surface area (Å²) < 4.78 is 2.11. The zero-order valence-electron chi connectivity index (χ0n) is 14.8. The molecule has 1 fully saturated rings. The number of nitrogens with one attached hydrogen (secondary N) is 1. The van der Waals surface area contributed by atoms with E-state index in [4.69, 9.17) is 0 Å². The molecular weight excluding hydrogens is 336 g/mol. The molecule has 138 valence electrons. The van der Waals surface area contributed by atoms with Crippen molar-refractivity contribution in [3.8, 4) is 0 Å². The number of hydrogen-bond acceptors (Lipinski definition) is 5. The second-order valence-corrected chi connectivity index (χ2v) is 6.79. The van der Waals surface area contributed by atoms with Gasteiger partial charge in [-0.3, -0.25) is 23.7 Å². The number of aliphatic hydroxyl groups excluding tert-OH is 1. The van der Waals surface area contributed by atoms with Crippen molar-refractivity contribution in [1.29, 1.82) is 0 Å². The fraction of sp³-hybridized carbons (Fsp3) is 0.444. The van der Waals surface area contributed by atoms with Crippen molar-refractivity contribution in [2.75, 3.05) is 0 Å². The molecule has 26 heavy (non-hydrogen) atoms. The van der Waals surface area contributed by atoms with Gasteiger partial charge in [-0.05, 0) is 42.9 Å². The van der Waals surface area contributed by atoms with Crippen molar-refractivity contribution in [2.45, 2.75) is 31.4 Å². The van der Waals surface area contributed by atoms with Gasteiger partial charge in [-0.25, -0.2) is 4.79 Å². The Morgan fingerprint density at radius 1 is 1.27 bits per heavy atom. The third kappa shape index (κ3) is 3.60. The molecule has 2 heterocycles. The fourth-order valence-corrected chi connectivity index (χ4v) is 3.26. The molecule has 0 aliphatic heterocycles. The molecule has 3 rings (SSSR count). The van der Waals surface area contributed by atoms with Crippen LogP contribution in [0.4, 0.5) is 0 Å². The van der Waals surface area contributed by atoms with Gasteiger partial charge >= 0.3 is 5.69 Å². The van der Waals surface area contributed by atoms with Gasteiger partial charge < -0.3 is 10.4 Å². The van der Waals surface area contributed by atoms with Crippen LogP contribution in [0.25, 0.3) is 0 Å². The van der Waals surface area contributed by atoms with E-state index in [9.17, 15) is 19.5 Å². The number of amides is 1. The molecule has 0 bridgehead atoms. The predicted octanol–water partition coefficient (Wildman–Crippen LogP) is -0.409. The smallest absolute Gasteiger partial charge is 0.331 e. The van der Waals surface area contributed by atoms with E-state index in [1.54, 1.807) is 12.4 Å². The van der Waals surface area contributed by atoms with E-state index >= 15 is 0 Å². The zero-order chi connectivity index (χ0) is 18.8. The van der Waals surface area contributed by atoms with Gasteiger partial charge in [0.15, 0.2) is 0 Å². The first-order valence-electron chi connectivity index (χ1n) is 8.51. The largest absolute Gasteiger partial charge is 0.393 e. The van der Waals surface area contributed by atoms with Gasteiger partial charge in [0.2, 0.25) is 0 Å². The van der Waals surface area contributed by atoms with Crippen LogP contribution >= 0.6 is 0 Å². The Bertz CT molecular complexity index is 913. The average Bonchev–Trinajstić information content (AvgIpc) is 2.60. The van der Waals surface area contributed by atoms with Crippen LogP contribution in [0.1, 0.15) is 28.9 Å². The first-order valence-corrected chi connectivity index (χ1v) is 8.51. The van der Waals surface area contributed by atoms with Crippen molar-refractivity contribution >= 4 is 5.91 Å². The van der Waals surface area contributed by atoms with Crippen molar-refractivity contribution in [1.82, 2.24) is 19.4 Å². The topological polar surface area (TPSA) is 106 Å². The molecule has 2 aromatic heterocycles. The fourth-order valence-electron chi connectivity index (χ4n) is 3.26. The molecule has 0 unspecified atom stereocenters. The molecule has 1 aliphatic rings. The summed E-state index contributed by atoms with van der Waals surface area (Å²) in [5.74, 6) is -0.326. The summed E-state index contributed by atoms with van der Waals surface area (Å²) >= 11 is 0. The highest BCUT2D eigenvalue weighted by molar-refractivity contribution is 5.92. The predicted molar refractivity (Wildman–Crippen MR) is 94.9 cm³/mol. The number of aromatic nitrogens is 3. The Balaban J connectivity index is 1.84. The molecule has 2 N–H and O–H groups in total. The van der Waals surface area contributed by atoms with Gasteiger partial charge in [-0.1, -0.05) is 0 Å². The molecule has 1 atom stereocenters. The van der Waals surface area contributed by atoms with Crippen molar-refractivity contribution < 1.29 is 9.90 Å². The first-order chi connectivity index (χ1) is 12.4. The zero-order valence-corrected chi connectivity index (χ0v) is 14.8. The standard InChI is InChI=1S/C18H22N4O4/c1-21-15(10-16(24)22(2)18(21)26)17(25)20-14(12-8-13(23)9-12)7-11-3-5-19-6-4-11/h3-6,10,12-14,23H,7-9H2,1-2H3,(H,20,25)/t12?,13?,14-/m0/s1. The summed E-state index contributed by atoms with van der Waals surface area (Å²) in [5, 5.41) is 12.6. The van der Waals surface area contributed by atoms with E-state index in [0.717, 1.165) is 20.8 Å². The van der Waals surface area contributed by atoms with E-state index in [0.29, 0.717) is 19.3 Å². The van der Waals surface area contributed by atoms with E-state index in [1.807, 2.05) is 12.1 Å². The van der Waals surface area contributed by atoms with E-state index in [1.165, 1.54) is 14.1 Å². The number of hydrogen-bond donors (Lipinski definition) is 2. The van der Waals surface area contributed by atoms with E-state index in [2.05, 4.69) is 10.3 Å². The number of carbonyl (C=O) groups excluding carboxylic acids is 1. The summed E-state index contributed by atoms with van der Waals surface area (Å²) in [7, 11) is 2.83. The van der Waals surface area contributed by atoms with Crippen LogP contribution in [-0.4, -0.2) is 37.3 Å². The van der Waals surface area contributed by atoms with Crippen LogP contribution in [0.15, 0.2) is 40.2 Å². The maximum absolute atomic E-state index is 12.7. The highest BCUT2D eigenvalue weighted by Gasteiger charge is 2.35. The number of aliphatic hydroxyl groups is 1. The van der Waals surface area contributed by atoms with Crippen LogP contribution in [0.5, 0.6) is 0 Å². The maximum atomic E-state index is 12.7. The summed E-state index contributed by atoms with van der Waals surface area (Å²) in [6, 6.07) is 4.72. The molecule has 1 saturated carbocycles. The number of carbonyl (C=O) groups is 1. The lowest BCUT2D eigenvalue weighted by Crippen LogP contribution is -2.50. The lowest BCUT2D eigenvalue weighted by atomic mass is 9.75. The van der Waals surface area contributed by atoms with Gasteiger partial charge in [0.1, 0.15) is 5.69 Å². The summed E-state index contributed by atoms with van der Waals surface area (Å²) in [5.41, 5.74) is -0.0299. The minimum Gasteiger partial charge on any atom is -0.393 e. The molecule has 0 saturated heterocycles. The Labute approximate surface area is 150 Å². The van der Waals surface area contributed by atoms with Gasteiger partial charge in [-0.15, -0.1) is 0 Å². The minimum absolute atomic E-state index is 0.0256. The van der Waals surface area contributed by atoms with Crippen LogP contribution in [0.2, 0.25) is 0 Å². The van der Waals surface area contributed by atoms with Crippen molar-refractivity contribution in [3.63, 3.8) is 0 Å². The van der Waals surface area contributed by atoms with Gasteiger partial charge in [0.25, 0.3) is 11.5 Å². The Morgan fingerprint density at radius 2 is 1.92 bits per heavy atom. The van der Waals surface area contributed by atoms with Crippen molar-refractivity contribution in [3.05, 3.63) is 62.7 Å². The molecule has 0 radical (unpaired) electrons.